The molecular weight excluding hydrogens is 370 g/mol. The largest absolute Gasteiger partial charge is 0.534 e. The van der Waals surface area contributed by atoms with Crippen molar-refractivity contribution >= 4 is 27.0 Å². The highest BCUT2D eigenvalue weighted by molar-refractivity contribution is 7.88. The third-order valence-corrected chi connectivity index (χ3v) is 3.99. The number of carbonyl (C=O) groups excluding carboxylic acids is 1. The molecule has 0 saturated heterocycles. The lowest BCUT2D eigenvalue weighted by Crippen LogP contribution is -2.28. The predicted molar refractivity (Wildman–Crippen MR) is 78.0 cm³/mol. The number of ether oxygens (including phenoxy) is 1. The Labute approximate surface area is 139 Å². The summed E-state index contributed by atoms with van der Waals surface area (Å²) >= 11 is 0. The minimum absolute atomic E-state index is 0.0309. The molecule has 0 fully saturated rings. The minimum atomic E-state index is -6.11. The summed E-state index contributed by atoms with van der Waals surface area (Å²) in [6.45, 7) is 2.69. The zero-order valence-electron chi connectivity index (χ0n) is 12.8. The molecule has 0 radical (unpaired) electrons. The van der Waals surface area contributed by atoms with Gasteiger partial charge in [-0.05, 0) is 32.0 Å². The molecule has 0 saturated carbocycles. The van der Waals surface area contributed by atoms with Gasteiger partial charge in [0.2, 0.25) is 0 Å². The van der Waals surface area contributed by atoms with Crippen LogP contribution in [0.4, 0.5) is 17.6 Å². The molecule has 0 N–H and O–H groups in total. The van der Waals surface area contributed by atoms with Gasteiger partial charge in [-0.3, -0.25) is 0 Å². The maximum absolute atomic E-state index is 14.2. The molecule has 0 bridgehead atoms. The summed E-state index contributed by atoms with van der Waals surface area (Å²) in [4.78, 5) is 15.5. The molecule has 0 spiro atoms. The first-order valence-corrected chi connectivity index (χ1v) is 8.16. The first-order chi connectivity index (χ1) is 11.5. The zero-order valence-corrected chi connectivity index (χ0v) is 13.7. The van der Waals surface area contributed by atoms with E-state index in [4.69, 9.17) is 4.74 Å². The summed E-state index contributed by atoms with van der Waals surface area (Å²) in [7, 11) is -6.11. The van der Waals surface area contributed by atoms with Crippen molar-refractivity contribution in [2.45, 2.75) is 19.4 Å². The number of hydrogen-bond donors (Lipinski definition) is 0. The summed E-state index contributed by atoms with van der Waals surface area (Å²) in [6, 6.07) is 3.41. The fourth-order valence-corrected chi connectivity index (χ4v) is 2.38. The molecular formula is C14H11F4NO5S. The number of hydrogen-bond acceptors (Lipinski definition) is 6. The number of nitrogens with zero attached hydrogens (tertiary/aromatic N) is 1. The molecule has 0 atom stereocenters. The van der Waals surface area contributed by atoms with Gasteiger partial charge in [-0.15, -0.1) is 0 Å². The van der Waals surface area contributed by atoms with Crippen LogP contribution in [0.2, 0.25) is 0 Å². The summed E-state index contributed by atoms with van der Waals surface area (Å²) in [5.74, 6) is -3.40. The van der Waals surface area contributed by atoms with Crippen molar-refractivity contribution < 1.29 is 39.7 Å². The van der Waals surface area contributed by atoms with Gasteiger partial charge in [0, 0.05) is 5.39 Å². The normalized spacial score (nSPS) is 12.2. The van der Waals surface area contributed by atoms with Gasteiger partial charge < -0.3 is 8.92 Å². The van der Waals surface area contributed by atoms with Gasteiger partial charge in [0.15, 0.2) is 11.6 Å². The molecule has 2 aromatic rings. The van der Waals surface area contributed by atoms with Crippen LogP contribution in [0.5, 0.6) is 5.75 Å². The molecule has 0 aliphatic heterocycles. The number of benzene rings is 1. The van der Waals surface area contributed by atoms with Crippen molar-refractivity contribution in [3.63, 3.8) is 0 Å². The number of aryl methyl sites for hydroxylation is 1. The highest BCUT2D eigenvalue weighted by Gasteiger charge is 2.49. The summed E-state index contributed by atoms with van der Waals surface area (Å²) in [5, 5.41) is -0.415. The molecule has 0 aliphatic carbocycles. The second kappa shape index (κ2) is 6.47. The fourth-order valence-electron chi connectivity index (χ4n) is 1.91. The van der Waals surface area contributed by atoms with Crippen molar-refractivity contribution in [3.05, 3.63) is 35.3 Å². The molecule has 2 rings (SSSR count). The van der Waals surface area contributed by atoms with Gasteiger partial charge >= 0.3 is 21.6 Å². The summed E-state index contributed by atoms with van der Waals surface area (Å²) < 4.78 is 82.9. The fraction of sp³-hybridized carbons (Fsp3) is 0.286. The molecule has 0 unspecified atom stereocenters. The van der Waals surface area contributed by atoms with E-state index in [1.54, 1.807) is 0 Å². The SMILES string of the molecule is CCOC(=O)c1ccc2nc(C)c(F)c(OS(=O)(=O)C(F)(F)F)c2c1. The molecule has 1 aromatic heterocycles. The van der Waals surface area contributed by atoms with E-state index in [-0.39, 0.29) is 23.4 Å². The van der Waals surface area contributed by atoms with Gasteiger partial charge in [0.1, 0.15) is 0 Å². The van der Waals surface area contributed by atoms with Gasteiger partial charge in [-0.2, -0.15) is 21.6 Å². The third-order valence-electron chi connectivity index (χ3n) is 3.03. The first kappa shape index (κ1) is 18.9. The molecule has 1 aromatic carbocycles. The van der Waals surface area contributed by atoms with Gasteiger partial charge in [0.25, 0.3) is 0 Å². The second-order valence-electron chi connectivity index (χ2n) is 4.78. The van der Waals surface area contributed by atoms with E-state index >= 15 is 0 Å². The van der Waals surface area contributed by atoms with E-state index in [1.807, 2.05) is 0 Å². The van der Waals surface area contributed by atoms with E-state index in [9.17, 15) is 30.8 Å². The Balaban J connectivity index is 2.70. The maximum atomic E-state index is 14.2. The summed E-state index contributed by atoms with van der Waals surface area (Å²) in [5.41, 5.74) is -6.31. The van der Waals surface area contributed by atoms with Crippen LogP contribution in [0, 0.1) is 12.7 Å². The average molecular weight is 381 g/mol. The number of fused-ring (bicyclic) bond motifs is 1. The Morgan fingerprint density at radius 1 is 1.28 bits per heavy atom. The van der Waals surface area contributed by atoms with Crippen molar-refractivity contribution in [1.29, 1.82) is 0 Å². The molecule has 0 amide bonds. The highest BCUT2D eigenvalue weighted by atomic mass is 32.2. The van der Waals surface area contributed by atoms with Gasteiger partial charge in [-0.1, -0.05) is 0 Å². The molecule has 0 aliphatic rings. The van der Waals surface area contributed by atoms with Crippen LogP contribution in [0.15, 0.2) is 18.2 Å². The van der Waals surface area contributed by atoms with Gasteiger partial charge in [0.05, 0.1) is 23.4 Å². The zero-order chi connectivity index (χ0) is 19.0. The lowest BCUT2D eigenvalue weighted by molar-refractivity contribution is -0.0500. The second-order valence-corrected chi connectivity index (χ2v) is 6.31. The van der Waals surface area contributed by atoms with Crippen molar-refractivity contribution in [2.24, 2.45) is 0 Å². The van der Waals surface area contributed by atoms with Crippen molar-refractivity contribution in [3.8, 4) is 5.75 Å². The third kappa shape index (κ3) is 3.65. The molecule has 6 nitrogen and oxygen atoms in total. The quantitative estimate of drug-likeness (QED) is 0.350. The molecule has 1 heterocycles. The monoisotopic (exact) mass is 381 g/mol. The number of aromatic nitrogens is 1. The average Bonchev–Trinajstić information content (AvgIpc) is 2.50. The van der Waals surface area contributed by atoms with E-state index in [0.29, 0.717) is 0 Å². The van der Waals surface area contributed by atoms with Crippen LogP contribution >= 0.6 is 0 Å². The Morgan fingerprint density at radius 2 is 1.92 bits per heavy atom. The van der Waals surface area contributed by atoms with Crippen LogP contribution in [0.3, 0.4) is 0 Å². The summed E-state index contributed by atoms with van der Waals surface area (Å²) in [6.07, 6.45) is 0. The van der Waals surface area contributed by atoms with Crippen LogP contribution in [-0.4, -0.2) is 31.5 Å². The lowest BCUT2D eigenvalue weighted by Gasteiger charge is -2.13. The molecule has 25 heavy (non-hydrogen) atoms. The number of carbonyl (C=O) groups is 1. The van der Waals surface area contributed by atoms with E-state index in [2.05, 4.69) is 9.17 Å². The van der Waals surface area contributed by atoms with E-state index in [0.717, 1.165) is 13.0 Å². The Bertz CT molecular complexity index is 940. The first-order valence-electron chi connectivity index (χ1n) is 6.75. The Morgan fingerprint density at radius 3 is 2.48 bits per heavy atom. The van der Waals surface area contributed by atoms with E-state index in [1.165, 1.54) is 19.1 Å². The lowest BCUT2D eigenvalue weighted by atomic mass is 10.1. The number of pyridine rings is 1. The standard InChI is InChI=1S/C14H11F4NO5S/c1-3-23-13(20)8-4-5-10-9(6-8)12(11(15)7(2)19-10)24-25(21,22)14(16,17)18/h4-6H,3H2,1-2H3. The Kier molecular flexibility index (Phi) is 4.89. The molecule has 136 valence electrons. The minimum Gasteiger partial charge on any atom is -0.462 e. The number of halogens is 4. The highest BCUT2D eigenvalue weighted by Crippen LogP contribution is 2.34. The van der Waals surface area contributed by atoms with Crippen LogP contribution in [0.1, 0.15) is 23.0 Å². The van der Waals surface area contributed by atoms with Crippen LogP contribution in [0.25, 0.3) is 10.9 Å². The Hall–Kier alpha value is -2.43. The van der Waals surface area contributed by atoms with Crippen LogP contribution in [-0.2, 0) is 14.9 Å². The van der Waals surface area contributed by atoms with E-state index < -0.39 is 38.5 Å². The smallest absolute Gasteiger partial charge is 0.462 e. The van der Waals surface area contributed by atoms with Crippen molar-refractivity contribution in [1.82, 2.24) is 4.98 Å². The number of esters is 1. The number of alkyl halides is 3. The molecule has 11 heteroatoms. The topological polar surface area (TPSA) is 82.6 Å². The maximum Gasteiger partial charge on any atom is 0.534 e. The van der Waals surface area contributed by atoms with Gasteiger partial charge in [-0.25, -0.2) is 14.2 Å². The predicted octanol–water partition coefficient (Wildman–Crippen LogP) is 3.09. The van der Waals surface area contributed by atoms with Crippen molar-refractivity contribution in [2.75, 3.05) is 6.61 Å². The number of rotatable bonds is 4. The van der Waals surface area contributed by atoms with Crippen LogP contribution < -0.4 is 4.18 Å².